The van der Waals surface area contributed by atoms with Crippen LogP contribution in [0.4, 0.5) is 17.1 Å². The maximum Gasteiger partial charge on any atom is 0.258 e. The Balaban J connectivity index is 1.73. The monoisotopic (exact) mass is 505 g/mol. The molecule has 0 atom stereocenters. The number of nitrogens with two attached hydrogens (primary N) is 1. The second kappa shape index (κ2) is 10.5. The van der Waals surface area contributed by atoms with E-state index in [0.717, 1.165) is 28.1 Å². The fraction of sp³-hybridized carbons (Fsp3) is 0.222. The van der Waals surface area contributed by atoms with E-state index in [9.17, 15) is 13.2 Å². The molecule has 1 amide bonds. The number of likely N-dealkylation sites (N-methyl/N-ethyl adjacent to an activating group) is 1. The molecule has 4 rings (SSSR count). The van der Waals surface area contributed by atoms with Gasteiger partial charge in [0.15, 0.2) is 0 Å². The molecule has 9 heteroatoms. The first-order chi connectivity index (χ1) is 17.2. The molecule has 1 heterocycles. The van der Waals surface area contributed by atoms with Crippen molar-refractivity contribution in [1.82, 2.24) is 4.90 Å². The van der Waals surface area contributed by atoms with Crippen LogP contribution in [0, 0.1) is 0 Å². The average Bonchev–Trinajstić information content (AvgIpc) is 3.18. The van der Waals surface area contributed by atoms with Crippen LogP contribution >= 0.6 is 0 Å². The molecular weight excluding hydrogens is 474 g/mol. The number of carbonyl (C=O) groups is 1. The first-order valence-electron chi connectivity index (χ1n) is 11.6. The Morgan fingerprint density at radius 3 is 2.22 bits per heavy atom. The normalized spacial score (nSPS) is 14.4. The van der Waals surface area contributed by atoms with Crippen LogP contribution in [-0.2, 0) is 21.4 Å². The Morgan fingerprint density at radius 2 is 1.61 bits per heavy atom. The van der Waals surface area contributed by atoms with Gasteiger partial charge in [0.25, 0.3) is 5.91 Å². The summed E-state index contributed by atoms with van der Waals surface area (Å²) in [5, 5.41) is 6.35. The summed E-state index contributed by atoms with van der Waals surface area (Å²) in [6.45, 7) is 1.37. The van der Waals surface area contributed by atoms with Crippen LogP contribution in [-0.4, -0.2) is 52.7 Å². The van der Waals surface area contributed by atoms with Crippen molar-refractivity contribution in [2.75, 3.05) is 48.4 Å². The summed E-state index contributed by atoms with van der Waals surface area (Å²) in [7, 11) is 0.366. The van der Waals surface area contributed by atoms with Crippen LogP contribution < -0.4 is 20.7 Å². The van der Waals surface area contributed by atoms with E-state index < -0.39 is 10.0 Å². The first-order valence-corrected chi connectivity index (χ1v) is 13.5. The SMILES string of the molecule is CN(C)CCN(c1ccc(N/C(=C2\C(=O)Nc3ccccc32)c2ccc(CN)cc2)cc1)S(C)(=O)=O. The zero-order valence-electron chi connectivity index (χ0n) is 20.7. The fourth-order valence-electron chi connectivity index (χ4n) is 4.08. The molecule has 0 radical (unpaired) electrons. The van der Waals surface area contributed by atoms with E-state index in [0.29, 0.717) is 36.6 Å². The highest BCUT2D eigenvalue weighted by atomic mass is 32.2. The van der Waals surface area contributed by atoms with E-state index in [-0.39, 0.29) is 5.91 Å². The summed E-state index contributed by atoms with van der Waals surface area (Å²) in [6.07, 6.45) is 1.21. The van der Waals surface area contributed by atoms with Crippen molar-refractivity contribution < 1.29 is 13.2 Å². The molecule has 0 aromatic heterocycles. The molecular formula is C27H31N5O3S. The Labute approximate surface area is 212 Å². The van der Waals surface area contributed by atoms with E-state index in [1.54, 1.807) is 12.1 Å². The molecule has 3 aromatic rings. The average molecular weight is 506 g/mol. The van der Waals surface area contributed by atoms with Gasteiger partial charge in [0, 0.05) is 36.6 Å². The molecule has 4 N–H and O–H groups in total. The lowest BCUT2D eigenvalue weighted by molar-refractivity contribution is -0.110. The standard InChI is InChI=1S/C27H31N5O3S/c1-31(2)16-17-32(36(3,34)35)22-14-12-21(13-15-22)29-26(20-10-8-19(18-28)9-11-20)25-23-6-4-5-7-24(23)30-27(25)33/h4-15,29H,16-18,28H2,1-3H3,(H,30,33)/b26-25-. The molecule has 1 aliphatic rings. The van der Waals surface area contributed by atoms with Gasteiger partial charge in [-0.3, -0.25) is 9.10 Å². The highest BCUT2D eigenvalue weighted by Crippen LogP contribution is 2.37. The third kappa shape index (κ3) is 5.59. The Morgan fingerprint density at radius 1 is 0.944 bits per heavy atom. The smallest absolute Gasteiger partial charge is 0.258 e. The van der Waals surface area contributed by atoms with E-state index in [4.69, 9.17) is 5.73 Å². The Bertz CT molecular complexity index is 1380. The molecule has 0 saturated heterocycles. The predicted octanol–water partition coefficient (Wildman–Crippen LogP) is 3.41. The molecule has 3 aromatic carbocycles. The number of nitrogens with one attached hydrogen (secondary N) is 2. The third-order valence-corrected chi connectivity index (χ3v) is 7.17. The molecule has 0 spiro atoms. The van der Waals surface area contributed by atoms with Gasteiger partial charge in [-0.15, -0.1) is 0 Å². The van der Waals surface area contributed by atoms with Gasteiger partial charge in [-0.2, -0.15) is 0 Å². The second-order valence-corrected chi connectivity index (χ2v) is 10.9. The Kier molecular flexibility index (Phi) is 7.44. The summed E-state index contributed by atoms with van der Waals surface area (Å²) >= 11 is 0. The number of carbonyl (C=O) groups excluding carboxylic acids is 1. The van der Waals surface area contributed by atoms with Crippen LogP contribution in [0.25, 0.3) is 11.3 Å². The number of fused-ring (bicyclic) bond motifs is 1. The molecule has 8 nitrogen and oxygen atoms in total. The number of sulfonamides is 1. The number of nitrogens with zero attached hydrogens (tertiary/aromatic N) is 2. The number of hydrogen-bond donors (Lipinski definition) is 3. The van der Waals surface area contributed by atoms with Crippen LogP contribution in [0.1, 0.15) is 16.7 Å². The third-order valence-electron chi connectivity index (χ3n) is 5.98. The minimum absolute atomic E-state index is 0.190. The van der Waals surface area contributed by atoms with E-state index in [2.05, 4.69) is 10.6 Å². The Hall–Kier alpha value is -3.66. The van der Waals surface area contributed by atoms with Crippen molar-refractivity contribution in [3.05, 3.63) is 89.5 Å². The summed E-state index contributed by atoms with van der Waals surface area (Å²) in [5.41, 5.74) is 11.7. The van der Waals surface area contributed by atoms with Crippen LogP contribution in [0.15, 0.2) is 72.8 Å². The number of para-hydroxylation sites is 1. The van der Waals surface area contributed by atoms with Crippen molar-refractivity contribution in [3.63, 3.8) is 0 Å². The molecule has 36 heavy (non-hydrogen) atoms. The van der Waals surface area contributed by atoms with Gasteiger partial charge in [0.05, 0.1) is 23.2 Å². The van der Waals surface area contributed by atoms with E-state index in [1.165, 1.54) is 10.6 Å². The number of rotatable bonds is 9. The zero-order valence-corrected chi connectivity index (χ0v) is 21.5. The molecule has 1 aliphatic heterocycles. The van der Waals surface area contributed by atoms with Gasteiger partial charge in [-0.1, -0.05) is 42.5 Å². The van der Waals surface area contributed by atoms with Gasteiger partial charge in [0.1, 0.15) is 0 Å². The van der Waals surface area contributed by atoms with Gasteiger partial charge < -0.3 is 21.3 Å². The van der Waals surface area contributed by atoms with Gasteiger partial charge in [0.2, 0.25) is 10.0 Å². The van der Waals surface area contributed by atoms with E-state index >= 15 is 0 Å². The van der Waals surface area contributed by atoms with Crippen LogP contribution in [0.5, 0.6) is 0 Å². The number of hydrogen-bond acceptors (Lipinski definition) is 6. The lowest BCUT2D eigenvalue weighted by atomic mass is 9.99. The molecule has 0 aliphatic carbocycles. The zero-order chi connectivity index (χ0) is 25.9. The van der Waals surface area contributed by atoms with Gasteiger partial charge >= 0.3 is 0 Å². The molecule has 0 unspecified atom stereocenters. The lowest BCUT2D eigenvalue weighted by Crippen LogP contribution is -2.35. The van der Waals surface area contributed by atoms with Gasteiger partial charge in [-0.25, -0.2) is 8.42 Å². The van der Waals surface area contributed by atoms with Crippen molar-refractivity contribution in [3.8, 4) is 0 Å². The highest BCUT2D eigenvalue weighted by molar-refractivity contribution is 7.92. The minimum Gasteiger partial charge on any atom is -0.354 e. The van der Waals surface area contributed by atoms with Crippen LogP contribution in [0.2, 0.25) is 0 Å². The summed E-state index contributed by atoms with van der Waals surface area (Å²) in [5.74, 6) is -0.190. The van der Waals surface area contributed by atoms with Crippen molar-refractivity contribution in [2.45, 2.75) is 6.54 Å². The summed E-state index contributed by atoms with van der Waals surface area (Å²) in [6, 6.07) is 22.5. The molecule has 188 valence electrons. The quantitative estimate of drug-likeness (QED) is 0.385. The molecule has 0 bridgehead atoms. The van der Waals surface area contributed by atoms with Crippen molar-refractivity contribution in [2.24, 2.45) is 5.73 Å². The summed E-state index contributed by atoms with van der Waals surface area (Å²) in [4.78, 5) is 15.0. The fourth-order valence-corrected chi connectivity index (χ4v) is 5.00. The number of amides is 1. The van der Waals surface area contributed by atoms with E-state index in [1.807, 2.05) is 79.7 Å². The maximum atomic E-state index is 13.0. The van der Waals surface area contributed by atoms with Gasteiger partial charge in [-0.05, 0) is 55.6 Å². The highest BCUT2D eigenvalue weighted by Gasteiger charge is 2.28. The second-order valence-electron chi connectivity index (χ2n) is 8.96. The minimum atomic E-state index is -3.44. The first kappa shape index (κ1) is 25.4. The largest absolute Gasteiger partial charge is 0.354 e. The molecule has 0 saturated carbocycles. The lowest BCUT2D eigenvalue weighted by Gasteiger charge is -2.24. The maximum absolute atomic E-state index is 13.0. The van der Waals surface area contributed by atoms with Crippen molar-refractivity contribution in [1.29, 1.82) is 0 Å². The van der Waals surface area contributed by atoms with Crippen LogP contribution in [0.3, 0.4) is 0 Å². The topological polar surface area (TPSA) is 108 Å². The molecule has 0 fully saturated rings. The predicted molar refractivity (Wildman–Crippen MR) is 147 cm³/mol. The van der Waals surface area contributed by atoms with Crippen molar-refractivity contribution >= 4 is 44.3 Å². The summed E-state index contributed by atoms with van der Waals surface area (Å²) < 4.78 is 26.2. The number of anilines is 3. The number of benzene rings is 3.